The molecule has 1 fully saturated rings. The van der Waals surface area contributed by atoms with Crippen molar-refractivity contribution in [3.05, 3.63) is 35.9 Å². The zero-order chi connectivity index (χ0) is 18.4. The van der Waals surface area contributed by atoms with E-state index in [0.717, 1.165) is 5.56 Å². The average molecular weight is 348 g/mol. The number of nitrogens with zero attached hydrogens (tertiary/aromatic N) is 1. The maximum absolute atomic E-state index is 12.6. The number of benzene rings is 1. The lowest BCUT2D eigenvalue weighted by atomic mass is 9.81. The zero-order valence-corrected chi connectivity index (χ0v) is 14.9. The maximum atomic E-state index is 12.6. The molecule has 1 aliphatic heterocycles. The van der Waals surface area contributed by atoms with Crippen molar-refractivity contribution in [3.8, 4) is 0 Å². The number of carbonyl (C=O) groups is 2. The number of aliphatic hydroxyl groups is 1. The second-order valence-corrected chi connectivity index (χ2v) is 7.48. The molecule has 0 bridgehead atoms. The van der Waals surface area contributed by atoms with Crippen molar-refractivity contribution < 1.29 is 19.8 Å². The van der Waals surface area contributed by atoms with Gasteiger partial charge in [0.25, 0.3) is 0 Å². The number of aliphatic hydroxyl groups excluding tert-OH is 1. The summed E-state index contributed by atoms with van der Waals surface area (Å²) in [4.78, 5) is 25.3. The fourth-order valence-corrected chi connectivity index (χ4v) is 3.21. The predicted octanol–water partition coefficient (Wildman–Crippen LogP) is 2.26. The Bertz CT molecular complexity index is 588. The highest BCUT2D eigenvalue weighted by molar-refractivity contribution is 5.75. The van der Waals surface area contributed by atoms with Crippen LogP contribution >= 0.6 is 0 Å². The summed E-state index contributed by atoms with van der Waals surface area (Å²) in [6, 6.07) is 9.31. The quantitative estimate of drug-likeness (QED) is 0.736. The number of hydrogen-bond acceptors (Lipinski definition) is 3. The fraction of sp³-hybridized carbons (Fsp3) is 0.579. The van der Waals surface area contributed by atoms with Gasteiger partial charge in [0, 0.05) is 31.0 Å². The number of carboxylic acids is 1. The van der Waals surface area contributed by atoms with Gasteiger partial charge in [-0.1, -0.05) is 44.2 Å². The van der Waals surface area contributed by atoms with E-state index in [1.54, 1.807) is 4.90 Å². The molecule has 0 aromatic heterocycles. The molecule has 2 rings (SSSR count). The molecule has 0 saturated carbocycles. The van der Waals surface area contributed by atoms with E-state index in [9.17, 15) is 14.7 Å². The van der Waals surface area contributed by atoms with Gasteiger partial charge < -0.3 is 20.4 Å². The Morgan fingerprint density at radius 2 is 2.00 bits per heavy atom. The predicted molar refractivity (Wildman–Crippen MR) is 95.3 cm³/mol. The summed E-state index contributed by atoms with van der Waals surface area (Å²) in [5, 5.41) is 22.0. The van der Waals surface area contributed by atoms with Gasteiger partial charge in [0.1, 0.15) is 0 Å². The Hall–Kier alpha value is -2.08. The van der Waals surface area contributed by atoms with Crippen molar-refractivity contribution in [2.24, 2.45) is 5.41 Å². The number of carbonyl (C=O) groups excluding carboxylic acids is 1. The molecule has 25 heavy (non-hydrogen) atoms. The van der Waals surface area contributed by atoms with Crippen LogP contribution in [0.25, 0.3) is 0 Å². The number of likely N-dealkylation sites (tertiary alicyclic amines) is 1. The van der Waals surface area contributed by atoms with Crippen molar-refractivity contribution in [2.45, 2.75) is 51.7 Å². The molecule has 1 aliphatic rings. The molecule has 1 saturated heterocycles. The molecule has 2 amide bonds. The van der Waals surface area contributed by atoms with E-state index >= 15 is 0 Å². The Morgan fingerprint density at radius 3 is 2.60 bits per heavy atom. The fourth-order valence-electron chi connectivity index (χ4n) is 3.21. The molecule has 1 aromatic rings. The van der Waals surface area contributed by atoms with Crippen LogP contribution in [0.1, 0.15) is 38.7 Å². The largest absolute Gasteiger partial charge is 0.481 e. The highest BCUT2D eigenvalue weighted by atomic mass is 16.4. The minimum absolute atomic E-state index is 0.0159. The smallest absolute Gasteiger partial charge is 0.317 e. The number of amides is 2. The Kier molecular flexibility index (Phi) is 6.42. The number of nitrogens with one attached hydrogen (secondary N) is 1. The molecule has 3 N–H and O–H groups in total. The number of carboxylic acid groups (broad SMARTS) is 1. The van der Waals surface area contributed by atoms with Crippen LogP contribution in [-0.2, 0) is 11.2 Å². The van der Waals surface area contributed by atoms with Crippen LogP contribution in [0.15, 0.2) is 30.3 Å². The molecule has 6 nitrogen and oxygen atoms in total. The second kappa shape index (κ2) is 8.34. The van der Waals surface area contributed by atoms with E-state index in [1.165, 1.54) is 0 Å². The van der Waals surface area contributed by atoms with Crippen molar-refractivity contribution in [3.63, 3.8) is 0 Å². The van der Waals surface area contributed by atoms with Crippen LogP contribution in [0.5, 0.6) is 0 Å². The monoisotopic (exact) mass is 348 g/mol. The third-order valence-electron chi connectivity index (χ3n) is 4.82. The number of rotatable bonds is 6. The van der Waals surface area contributed by atoms with E-state index in [2.05, 4.69) is 5.32 Å². The molecule has 0 spiro atoms. The lowest BCUT2D eigenvalue weighted by Crippen LogP contribution is -2.55. The standard InChI is InChI=1S/C19H28N2O4/c1-19(2)13-21(11-10-16(19)22)18(25)20-15(8-9-17(23)24)12-14-6-4-3-5-7-14/h3-7,15-16,22H,8-13H2,1-2H3,(H,20,25)(H,23,24). The van der Waals surface area contributed by atoms with Crippen LogP contribution < -0.4 is 5.32 Å². The van der Waals surface area contributed by atoms with Crippen molar-refractivity contribution in [2.75, 3.05) is 13.1 Å². The van der Waals surface area contributed by atoms with Gasteiger partial charge in [-0.25, -0.2) is 4.79 Å². The van der Waals surface area contributed by atoms with Gasteiger partial charge in [0.2, 0.25) is 0 Å². The molecule has 0 aliphatic carbocycles. The average Bonchev–Trinajstić information content (AvgIpc) is 2.56. The molecular formula is C19H28N2O4. The Morgan fingerprint density at radius 1 is 1.32 bits per heavy atom. The van der Waals surface area contributed by atoms with Gasteiger partial charge >= 0.3 is 12.0 Å². The SMILES string of the molecule is CC1(C)CN(C(=O)NC(CCC(=O)O)Cc2ccccc2)CCC1O. The normalized spacial score (nSPS) is 20.8. The molecular weight excluding hydrogens is 320 g/mol. The van der Waals surface area contributed by atoms with E-state index in [-0.39, 0.29) is 23.9 Å². The van der Waals surface area contributed by atoms with Gasteiger partial charge in [-0.3, -0.25) is 4.79 Å². The van der Waals surface area contributed by atoms with Crippen LogP contribution in [0.4, 0.5) is 4.79 Å². The van der Waals surface area contributed by atoms with Crippen LogP contribution in [0, 0.1) is 5.41 Å². The van der Waals surface area contributed by atoms with Crippen molar-refractivity contribution in [1.29, 1.82) is 0 Å². The summed E-state index contributed by atoms with van der Waals surface area (Å²) in [6.07, 6.45) is 1.14. The first-order valence-electron chi connectivity index (χ1n) is 8.77. The van der Waals surface area contributed by atoms with Gasteiger partial charge in [-0.15, -0.1) is 0 Å². The van der Waals surface area contributed by atoms with Gasteiger partial charge in [-0.2, -0.15) is 0 Å². The van der Waals surface area contributed by atoms with E-state index in [4.69, 9.17) is 5.11 Å². The summed E-state index contributed by atoms with van der Waals surface area (Å²) in [5.74, 6) is -0.866. The molecule has 138 valence electrons. The molecule has 2 unspecified atom stereocenters. The summed E-state index contributed by atoms with van der Waals surface area (Å²) >= 11 is 0. The summed E-state index contributed by atoms with van der Waals surface area (Å²) < 4.78 is 0. The molecule has 1 aromatic carbocycles. The van der Waals surface area contributed by atoms with Gasteiger partial charge in [0.15, 0.2) is 0 Å². The Balaban J connectivity index is 1.99. The number of piperidine rings is 1. The van der Waals surface area contributed by atoms with Crippen LogP contribution in [-0.4, -0.2) is 52.3 Å². The van der Waals surface area contributed by atoms with E-state index in [1.807, 2.05) is 44.2 Å². The third-order valence-corrected chi connectivity index (χ3v) is 4.82. The van der Waals surface area contributed by atoms with Crippen molar-refractivity contribution >= 4 is 12.0 Å². The van der Waals surface area contributed by atoms with E-state index in [0.29, 0.717) is 32.4 Å². The number of aliphatic carboxylic acids is 1. The Labute approximate surface area is 148 Å². The lowest BCUT2D eigenvalue weighted by molar-refractivity contribution is -0.137. The lowest BCUT2D eigenvalue weighted by Gasteiger charge is -2.42. The highest BCUT2D eigenvalue weighted by Crippen LogP contribution is 2.29. The van der Waals surface area contributed by atoms with Gasteiger partial charge in [0.05, 0.1) is 6.10 Å². The minimum Gasteiger partial charge on any atom is -0.481 e. The summed E-state index contributed by atoms with van der Waals surface area (Å²) in [6.45, 7) is 4.89. The van der Waals surface area contributed by atoms with E-state index < -0.39 is 12.1 Å². The third kappa shape index (κ3) is 5.74. The topological polar surface area (TPSA) is 89.9 Å². The maximum Gasteiger partial charge on any atom is 0.317 e. The molecule has 0 radical (unpaired) electrons. The number of urea groups is 1. The second-order valence-electron chi connectivity index (χ2n) is 7.48. The highest BCUT2D eigenvalue weighted by Gasteiger charge is 2.36. The first-order valence-corrected chi connectivity index (χ1v) is 8.77. The first-order chi connectivity index (χ1) is 11.8. The summed E-state index contributed by atoms with van der Waals surface area (Å²) in [5.41, 5.74) is 0.721. The van der Waals surface area contributed by atoms with Crippen LogP contribution in [0.2, 0.25) is 0 Å². The molecule has 2 atom stereocenters. The molecule has 1 heterocycles. The number of hydrogen-bond donors (Lipinski definition) is 3. The minimum atomic E-state index is -0.866. The van der Waals surface area contributed by atoms with Crippen LogP contribution in [0.3, 0.4) is 0 Å². The molecule has 6 heteroatoms. The van der Waals surface area contributed by atoms with Gasteiger partial charge in [-0.05, 0) is 24.8 Å². The van der Waals surface area contributed by atoms with Crippen molar-refractivity contribution in [1.82, 2.24) is 10.2 Å². The zero-order valence-electron chi connectivity index (χ0n) is 14.9. The first kappa shape index (κ1) is 19.2. The summed E-state index contributed by atoms with van der Waals surface area (Å²) in [7, 11) is 0.